The Balaban J connectivity index is 3.14. The van der Waals surface area contributed by atoms with E-state index in [1.807, 2.05) is 0 Å². The van der Waals surface area contributed by atoms with Gasteiger partial charge < -0.3 is 5.73 Å². The topological polar surface area (TPSA) is 26.0 Å². The molecule has 1 rings (SSSR count). The van der Waals surface area contributed by atoms with Gasteiger partial charge in [-0.2, -0.15) is 0 Å². The average Bonchev–Trinajstić information content (AvgIpc) is 1.95. The van der Waals surface area contributed by atoms with E-state index in [2.05, 4.69) is 0 Å². The summed E-state index contributed by atoms with van der Waals surface area (Å²) in [6.45, 7) is 0.339. The van der Waals surface area contributed by atoms with Gasteiger partial charge in [0.05, 0.1) is 2.74 Å². The molecule has 0 unspecified atom stereocenters. The van der Waals surface area contributed by atoms with E-state index < -0.39 is 0 Å². The van der Waals surface area contributed by atoms with Crippen molar-refractivity contribution in [1.29, 1.82) is 0 Å². The van der Waals surface area contributed by atoms with Crippen molar-refractivity contribution in [1.82, 2.24) is 0 Å². The van der Waals surface area contributed by atoms with Crippen LogP contribution >= 0.6 is 0 Å². The standard InChI is InChI=1S/C7H9N/c8-6-7-4-2-1-3-5-7/h1-5H,6,8H2/i2D,4D. The lowest BCUT2D eigenvalue weighted by Gasteiger charge is -1.90. The van der Waals surface area contributed by atoms with Crippen LogP contribution in [0.15, 0.2) is 30.3 Å². The summed E-state index contributed by atoms with van der Waals surface area (Å²) in [6.07, 6.45) is 0. The first-order valence-electron chi connectivity index (χ1n) is 3.51. The third-order valence-corrected chi connectivity index (χ3v) is 0.930. The second-order valence-electron chi connectivity index (χ2n) is 1.52. The highest BCUT2D eigenvalue weighted by Gasteiger charge is 1.80. The Morgan fingerprint density at radius 3 is 3.12 bits per heavy atom. The lowest BCUT2D eigenvalue weighted by Crippen LogP contribution is -1.94. The van der Waals surface area contributed by atoms with Crippen LogP contribution < -0.4 is 5.73 Å². The second kappa shape index (κ2) is 2.48. The highest BCUT2D eigenvalue weighted by atomic mass is 14.5. The third-order valence-electron chi connectivity index (χ3n) is 0.930. The lowest BCUT2D eigenvalue weighted by atomic mass is 10.2. The molecule has 0 aliphatic rings. The Bertz CT molecular complexity index is 235. The Morgan fingerprint density at radius 2 is 2.50 bits per heavy atom. The molecule has 0 heterocycles. The summed E-state index contributed by atoms with van der Waals surface area (Å²) < 4.78 is 14.5. The Hall–Kier alpha value is -0.820. The molecular formula is C7H9N. The summed E-state index contributed by atoms with van der Waals surface area (Å²) in [5.41, 5.74) is 6.05. The minimum atomic E-state index is 0.239. The molecule has 0 atom stereocenters. The highest BCUT2D eigenvalue weighted by Crippen LogP contribution is 1.94. The quantitative estimate of drug-likeness (QED) is 0.575. The summed E-state index contributed by atoms with van der Waals surface area (Å²) in [7, 11) is 0. The van der Waals surface area contributed by atoms with E-state index in [0.717, 1.165) is 5.56 Å². The number of rotatable bonds is 1. The molecule has 0 aliphatic heterocycles. The zero-order chi connectivity index (χ0) is 7.56. The van der Waals surface area contributed by atoms with Crippen LogP contribution in [0.5, 0.6) is 0 Å². The first-order valence-corrected chi connectivity index (χ1v) is 2.51. The summed E-state index contributed by atoms with van der Waals surface area (Å²) >= 11 is 0. The molecule has 8 heavy (non-hydrogen) atoms. The molecule has 0 amide bonds. The molecule has 1 aromatic carbocycles. The van der Waals surface area contributed by atoms with E-state index in [4.69, 9.17) is 8.48 Å². The number of hydrogen-bond acceptors (Lipinski definition) is 1. The Kier molecular flexibility index (Phi) is 1.01. The van der Waals surface area contributed by atoms with Crippen molar-refractivity contribution >= 4 is 0 Å². The molecule has 0 aliphatic carbocycles. The minimum Gasteiger partial charge on any atom is -0.326 e. The molecule has 0 saturated heterocycles. The fourth-order valence-electron chi connectivity index (χ4n) is 0.507. The van der Waals surface area contributed by atoms with Crippen molar-refractivity contribution in [3.63, 3.8) is 0 Å². The fraction of sp³-hybridized carbons (Fsp3) is 0.143. The molecule has 0 bridgehead atoms. The van der Waals surface area contributed by atoms with Gasteiger partial charge in [0.15, 0.2) is 0 Å². The van der Waals surface area contributed by atoms with Crippen molar-refractivity contribution in [2.24, 2.45) is 5.73 Å². The van der Waals surface area contributed by atoms with Gasteiger partial charge in [-0.15, -0.1) is 0 Å². The van der Waals surface area contributed by atoms with Crippen molar-refractivity contribution in [3.05, 3.63) is 35.8 Å². The van der Waals surface area contributed by atoms with E-state index in [1.54, 1.807) is 18.2 Å². The Morgan fingerprint density at radius 1 is 1.62 bits per heavy atom. The van der Waals surface area contributed by atoms with Gasteiger partial charge in [-0.3, -0.25) is 0 Å². The molecule has 0 radical (unpaired) electrons. The van der Waals surface area contributed by atoms with Gasteiger partial charge in [-0.1, -0.05) is 30.3 Å². The van der Waals surface area contributed by atoms with Crippen LogP contribution in [0.25, 0.3) is 0 Å². The van der Waals surface area contributed by atoms with E-state index in [0.29, 0.717) is 6.54 Å². The summed E-state index contributed by atoms with van der Waals surface area (Å²) in [5.74, 6) is 0. The normalized spacial score (nSPS) is 12.6. The summed E-state index contributed by atoms with van der Waals surface area (Å²) in [4.78, 5) is 0. The predicted molar refractivity (Wildman–Crippen MR) is 34.3 cm³/mol. The van der Waals surface area contributed by atoms with Crippen molar-refractivity contribution < 1.29 is 2.74 Å². The monoisotopic (exact) mass is 109 g/mol. The fourth-order valence-corrected chi connectivity index (χ4v) is 0.507. The van der Waals surface area contributed by atoms with Crippen LogP contribution in [0.2, 0.25) is 0 Å². The van der Waals surface area contributed by atoms with Crippen LogP contribution in [0.3, 0.4) is 0 Å². The second-order valence-corrected chi connectivity index (χ2v) is 1.52. The molecule has 2 N–H and O–H groups in total. The van der Waals surface area contributed by atoms with Crippen LogP contribution in [0.1, 0.15) is 8.30 Å². The van der Waals surface area contributed by atoms with Gasteiger partial charge in [0, 0.05) is 6.54 Å². The molecule has 0 aromatic heterocycles. The molecule has 1 aromatic rings. The van der Waals surface area contributed by atoms with Gasteiger partial charge in [-0.05, 0) is 5.56 Å². The third kappa shape index (κ3) is 1.07. The zero-order valence-electron chi connectivity index (χ0n) is 6.52. The van der Waals surface area contributed by atoms with Gasteiger partial charge in [-0.25, -0.2) is 0 Å². The SMILES string of the molecule is [2H]c1cccc(CN)c1[2H]. The van der Waals surface area contributed by atoms with Gasteiger partial charge in [0.1, 0.15) is 0 Å². The maximum atomic E-state index is 7.33. The first-order chi connectivity index (χ1) is 4.75. The molecular weight excluding hydrogens is 98.1 g/mol. The van der Waals surface area contributed by atoms with Crippen molar-refractivity contribution in [3.8, 4) is 0 Å². The predicted octanol–water partition coefficient (Wildman–Crippen LogP) is 1.15. The van der Waals surface area contributed by atoms with Gasteiger partial charge >= 0.3 is 0 Å². The number of nitrogens with two attached hydrogens (primary N) is 1. The Labute approximate surface area is 51.9 Å². The van der Waals surface area contributed by atoms with Crippen LogP contribution in [0.4, 0.5) is 0 Å². The molecule has 0 fully saturated rings. The molecule has 0 saturated carbocycles. The van der Waals surface area contributed by atoms with Crippen LogP contribution in [0, 0.1) is 0 Å². The molecule has 1 heteroatoms. The van der Waals surface area contributed by atoms with Crippen molar-refractivity contribution in [2.45, 2.75) is 6.54 Å². The average molecular weight is 109 g/mol. The highest BCUT2D eigenvalue weighted by molar-refractivity contribution is 5.13. The van der Waals surface area contributed by atoms with E-state index in [-0.39, 0.29) is 12.1 Å². The van der Waals surface area contributed by atoms with Crippen LogP contribution in [-0.2, 0) is 6.54 Å². The van der Waals surface area contributed by atoms with Crippen molar-refractivity contribution in [2.75, 3.05) is 0 Å². The molecule has 1 nitrogen and oxygen atoms in total. The summed E-state index contributed by atoms with van der Waals surface area (Å²) in [6, 6.07) is 5.57. The largest absolute Gasteiger partial charge is 0.326 e. The minimum absolute atomic E-state index is 0.239. The maximum absolute atomic E-state index is 7.33. The van der Waals surface area contributed by atoms with E-state index >= 15 is 0 Å². The number of benzene rings is 1. The van der Waals surface area contributed by atoms with Gasteiger partial charge in [0.25, 0.3) is 0 Å². The molecule has 42 valence electrons. The lowest BCUT2D eigenvalue weighted by molar-refractivity contribution is 1.07. The molecule has 0 spiro atoms. The summed E-state index contributed by atoms with van der Waals surface area (Å²) in [5, 5.41) is 0. The smallest absolute Gasteiger partial charge is 0.0626 e. The number of hydrogen-bond donors (Lipinski definition) is 1. The van der Waals surface area contributed by atoms with Crippen LogP contribution in [-0.4, -0.2) is 0 Å². The van der Waals surface area contributed by atoms with E-state index in [1.165, 1.54) is 0 Å². The van der Waals surface area contributed by atoms with Gasteiger partial charge in [0.2, 0.25) is 0 Å². The zero-order valence-corrected chi connectivity index (χ0v) is 4.52. The first kappa shape index (κ1) is 3.25. The maximum Gasteiger partial charge on any atom is 0.0626 e. The van der Waals surface area contributed by atoms with E-state index in [9.17, 15) is 0 Å².